The molecule has 2 saturated heterocycles. The maximum Gasteiger partial charge on any atom is 0.193 e. The van der Waals surface area contributed by atoms with E-state index in [9.17, 15) is 5.11 Å². The topological polar surface area (TPSA) is 66.3 Å². The van der Waals surface area contributed by atoms with E-state index in [4.69, 9.17) is 14.5 Å². The second-order valence-corrected chi connectivity index (χ2v) is 7.66. The molecule has 0 aromatic heterocycles. The molecule has 0 aliphatic carbocycles. The summed E-state index contributed by atoms with van der Waals surface area (Å²) in [7, 11) is 0. The van der Waals surface area contributed by atoms with Crippen LogP contribution in [0, 0.1) is 0 Å². The number of aromatic hydroxyl groups is 1. The van der Waals surface area contributed by atoms with Crippen LogP contribution in [0.3, 0.4) is 0 Å². The van der Waals surface area contributed by atoms with Crippen LogP contribution in [0.1, 0.15) is 44.6 Å². The first-order valence-electron chi connectivity index (χ1n) is 10.8. The van der Waals surface area contributed by atoms with Gasteiger partial charge < -0.3 is 24.8 Å². The maximum absolute atomic E-state index is 9.36. The molecule has 2 aliphatic heterocycles. The Balaban J connectivity index is 0.00000300. The highest BCUT2D eigenvalue weighted by Gasteiger charge is 2.24. The molecule has 0 saturated carbocycles. The van der Waals surface area contributed by atoms with Crippen molar-refractivity contribution in [2.45, 2.75) is 57.7 Å². The number of hydrogen-bond acceptors (Lipinski definition) is 4. The van der Waals surface area contributed by atoms with Gasteiger partial charge in [0.05, 0.1) is 18.8 Å². The van der Waals surface area contributed by atoms with E-state index in [1.807, 2.05) is 12.1 Å². The smallest absolute Gasteiger partial charge is 0.193 e. The number of hydrogen-bond donors (Lipinski definition) is 2. The van der Waals surface area contributed by atoms with E-state index in [-0.39, 0.29) is 24.0 Å². The fraction of sp³-hybridized carbons (Fsp3) is 0.682. The van der Waals surface area contributed by atoms with E-state index in [1.54, 1.807) is 12.1 Å². The van der Waals surface area contributed by atoms with E-state index in [0.29, 0.717) is 18.0 Å². The molecule has 2 aliphatic rings. The van der Waals surface area contributed by atoms with Crippen molar-refractivity contribution in [3.8, 4) is 5.75 Å². The molecule has 0 radical (unpaired) electrons. The van der Waals surface area contributed by atoms with E-state index in [1.165, 1.54) is 12.0 Å². The molecule has 0 spiro atoms. The summed E-state index contributed by atoms with van der Waals surface area (Å²) in [6.45, 7) is 7.41. The van der Waals surface area contributed by atoms with Crippen LogP contribution >= 0.6 is 24.0 Å². The lowest BCUT2D eigenvalue weighted by atomic mass is 10.1. The van der Waals surface area contributed by atoms with Crippen LogP contribution in [0.2, 0.25) is 0 Å². The summed E-state index contributed by atoms with van der Waals surface area (Å²) in [5, 5.41) is 12.8. The van der Waals surface area contributed by atoms with Gasteiger partial charge in [-0.05, 0) is 63.1 Å². The summed E-state index contributed by atoms with van der Waals surface area (Å²) in [6, 6.07) is 7.44. The number of aliphatic imine (C=N–C) groups is 1. The first-order valence-corrected chi connectivity index (χ1v) is 10.8. The van der Waals surface area contributed by atoms with Crippen LogP contribution in [0.4, 0.5) is 0 Å². The number of nitrogens with zero attached hydrogens (tertiary/aromatic N) is 2. The molecule has 2 N–H and O–H groups in total. The quantitative estimate of drug-likeness (QED) is 0.239. The summed E-state index contributed by atoms with van der Waals surface area (Å²) in [6.07, 6.45) is 7.03. The van der Waals surface area contributed by atoms with Crippen LogP contribution < -0.4 is 5.32 Å². The second kappa shape index (κ2) is 13.3. The average Bonchev–Trinajstić information content (AvgIpc) is 3.24. The number of phenols is 1. The summed E-state index contributed by atoms with van der Waals surface area (Å²) in [4.78, 5) is 7.18. The zero-order valence-corrected chi connectivity index (χ0v) is 19.8. The number of piperidine rings is 1. The highest BCUT2D eigenvalue weighted by atomic mass is 127. The Labute approximate surface area is 192 Å². The number of rotatable bonds is 8. The van der Waals surface area contributed by atoms with Crippen molar-refractivity contribution in [3.05, 3.63) is 29.8 Å². The van der Waals surface area contributed by atoms with Crippen LogP contribution in [0.5, 0.6) is 5.75 Å². The molecule has 0 bridgehead atoms. The molecule has 1 atom stereocenters. The summed E-state index contributed by atoms with van der Waals surface area (Å²) < 4.78 is 11.7. The van der Waals surface area contributed by atoms with Crippen LogP contribution in [0.25, 0.3) is 0 Å². The van der Waals surface area contributed by atoms with Crippen molar-refractivity contribution in [2.24, 2.45) is 4.99 Å². The van der Waals surface area contributed by atoms with E-state index in [0.717, 1.165) is 77.5 Å². The average molecular weight is 517 g/mol. The Hall–Kier alpha value is -1.06. The van der Waals surface area contributed by atoms with E-state index >= 15 is 0 Å². The van der Waals surface area contributed by atoms with Gasteiger partial charge in [-0.2, -0.15) is 0 Å². The molecule has 2 heterocycles. The molecule has 0 amide bonds. The maximum atomic E-state index is 9.36. The normalized spacial score (nSPS) is 20.5. The third kappa shape index (κ3) is 8.30. The van der Waals surface area contributed by atoms with Gasteiger partial charge in [0.1, 0.15) is 5.75 Å². The predicted octanol–water partition coefficient (Wildman–Crippen LogP) is 3.57. The summed E-state index contributed by atoms with van der Waals surface area (Å²) >= 11 is 0. The van der Waals surface area contributed by atoms with Crippen LogP contribution in [-0.4, -0.2) is 67.6 Å². The molecule has 7 heteroatoms. The standard InChI is InChI=1S/C22H35N3O3.HI/c1-2-23-22(24-13-3-5-18-7-9-19(26)10-8-18)25-14-11-20(12-15-25)28-17-21-6-4-16-27-21;/h7-10,20-21,26H,2-6,11-17H2,1H3,(H,23,24);1H. The van der Waals surface area contributed by atoms with Gasteiger partial charge in [0.15, 0.2) is 5.96 Å². The Morgan fingerprint density at radius 2 is 2.00 bits per heavy atom. The Morgan fingerprint density at radius 3 is 2.66 bits per heavy atom. The van der Waals surface area contributed by atoms with Crippen LogP contribution in [-0.2, 0) is 15.9 Å². The van der Waals surface area contributed by atoms with Crippen molar-refractivity contribution in [1.82, 2.24) is 10.2 Å². The number of phenolic OH excluding ortho intramolecular Hbond substituents is 1. The number of likely N-dealkylation sites (tertiary alicyclic amines) is 1. The number of guanidine groups is 1. The van der Waals surface area contributed by atoms with Gasteiger partial charge in [-0.15, -0.1) is 24.0 Å². The molecule has 6 nitrogen and oxygen atoms in total. The summed E-state index contributed by atoms with van der Waals surface area (Å²) in [5.41, 5.74) is 1.24. The predicted molar refractivity (Wildman–Crippen MR) is 127 cm³/mol. The van der Waals surface area contributed by atoms with Gasteiger partial charge in [0.2, 0.25) is 0 Å². The molecule has 164 valence electrons. The monoisotopic (exact) mass is 517 g/mol. The zero-order valence-electron chi connectivity index (χ0n) is 17.5. The number of benzene rings is 1. The molecular weight excluding hydrogens is 481 g/mol. The second-order valence-electron chi connectivity index (χ2n) is 7.66. The summed E-state index contributed by atoms with van der Waals surface area (Å²) in [5.74, 6) is 1.34. The van der Waals surface area contributed by atoms with Gasteiger partial charge in [0.25, 0.3) is 0 Å². The lowest BCUT2D eigenvalue weighted by Crippen LogP contribution is -2.47. The molecule has 29 heavy (non-hydrogen) atoms. The third-order valence-corrected chi connectivity index (χ3v) is 5.44. The molecule has 3 rings (SSSR count). The molecule has 1 unspecified atom stereocenters. The van der Waals surface area contributed by atoms with Crippen molar-refractivity contribution >= 4 is 29.9 Å². The minimum Gasteiger partial charge on any atom is -0.508 e. The third-order valence-electron chi connectivity index (χ3n) is 5.44. The van der Waals surface area contributed by atoms with Gasteiger partial charge in [-0.25, -0.2) is 0 Å². The van der Waals surface area contributed by atoms with Crippen molar-refractivity contribution < 1.29 is 14.6 Å². The molecular formula is C22H36IN3O3. The largest absolute Gasteiger partial charge is 0.508 e. The zero-order chi connectivity index (χ0) is 19.6. The highest BCUT2D eigenvalue weighted by Crippen LogP contribution is 2.18. The lowest BCUT2D eigenvalue weighted by Gasteiger charge is -2.34. The van der Waals surface area contributed by atoms with Gasteiger partial charge in [-0.1, -0.05) is 12.1 Å². The SMILES string of the molecule is CCNC(=NCCCc1ccc(O)cc1)N1CCC(OCC2CCCO2)CC1.I. The first kappa shape index (κ1) is 24.2. The van der Waals surface area contributed by atoms with Gasteiger partial charge >= 0.3 is 0 Å². The Bertz CT molecular complexity index is 598. The fourth-order valence-corrected chi connectivity index (χ4v) is 3.81. The van der Waals surface area contributed by atoms with Crippen molar-refractivity contribution in [3.63, 3.8) is 0 Å². The number of nitrogens with one attached hydrogen (secondary N) is 1. The van der Waals surface area contributed by atoms with Crippen molar-refractivity contribution in [1.29, 1.82) is 0 Å². The highest BCUT2D eigenvalue weighted by molar-refractivity contribution is 14.0. The molecule has 1 aromatic rings. The van der Waals surface area contributed by atoms with E-state index in [2.05, 4.69) is 17.1 Å². The van der Waals surface area contributed by atoms with E-state index < -0.39 is 0 Å². The first-order chi connectivity index (χ1) is 13.7. The number of halogens is 1. The Morgan fingerprint density at radius 1 is 1.24 bits per heavy atom. The minimum atomic E-state index is 0. The molecule has 2 fully saturated rings. The minimum absolute atomic E-state index is 0. The van der Waals surface area contributed by atoms with Gasteiger partial charge in [0, 0.05) is 32.8 Å². The fourth-order valence-electron chi connectivity index (χ4n) is 3.81. The Kier molecular flexibility index (Phi) is 11.1. The molecule has 1 aromatic carbocycles. The van der Waals surface area contributed by atoms with Gasteiger partial charge in [-0.3, -0.25) is 4.99 Å². The number of ether oxygens (including phenoxy) is 2. The lowest BCUT2D eigenvalue weighted by molar-refractivity contribution is -0.0367. The van der Waals surface area contributed by atoms with Crippen molar-refractivity contribution in [2.75, 3.05) is 39.4 Å². The number of aryl methyl sites for hydroxylation is 1. The van der Waals surface area contributed by atoms with Crippen LogP contribution in [0.15, 0.2) is 29.3 Å².